The molecule has 2 heterocycles. The number of hydrogen-bond acceptors (Lipinski definition) is 3. The molecular weight excluding hydrogens is 245 g/mol. The molecule has 0 fully saturated rings. The lowest BCUT2D eigenvalue weighted by molar-refractivity contribution is 0.569. The Morgan fingerprint density at radius 2 is 2.21 bits per heavy atom. The van der Waals surface area contributed by atoms with Crippen LogP contribution in [0.1, 0.15) is 12.6 Å². The summed E-state index contributed by atoms with van der Waals surface area (Å²) in [5, 5.41) is 7.95. The molecule has 0 atom stereocenters. The summed E-state index contributed by atoms with van der Waals surface area (Å²) in [7, 11) is 0. The zero-order chi connectivity index (χ0) is 13.2. The standard InChI is InChI=1S/C14H12FN3O/c1-2-10-9-18(17-16-10)11-5-6-12(13(15)8-11)14-4-3-7-19-14/h3-9H,2H2,1H3. The maximum Gasteiger partial charge on any atom is 0.136 e. The monoisotopic (exact) mass is 257 g/mol. The number of rotatable bonds is 3. The molecule has 0 amide bonds. The average molecular weight is 257 g/mol. The lowest BCUT2D eigenvalue weighted by atomic mass is 10.1. The minimum absolute atomic E-state index is 0.346. The van der Waals surface area contributed by atoms with Crippen molar-refractivity contribution in [3.63, 3.8) is 0 Å². The SMILES string of the molecule is CCc1cn(-c2ccc(-c3ccco3)c(F)c2)nn1. The number of furan rings is 1. The van der Waals surface area contributed by atoms with Crippen molar-refractivity contribution in [2.24, 2.45) is 0 Å². The molecule has 96 valence electrons. The Labute approximate surface area is 109 Å². The first-order valence-corrected chi connectivity index (χ1v) is 6.03. The topological polar surface area (TPSA) is 43.9 Å². The molecule has 0 saturated heterocycles. The first kappa shape index (κ1) is 11.6. The van der Waals surface area contributed by atoms with E-state index >= 15 is 0 Å². The van der Waals surface area contributed by atoms with E-state index in [9.17, 15) is 4.39 Å². The molecule has 0 radical (unpaired) electrons. The van der Waals surface area contributed by atoms with Crippen molar-refractivity contribution in [3.8, 4) is 17.0 Å². The van der Waals surface area contributed by atoms with Gasteiger partial charge in [-0.1, -0.05) is 12.1 Å². The largest absolute Gasteiger partial charge is 0.464 e. The van der Waals surface area contributed by atoms with Crippen molar-refractivity contribution in [1.29, 1.82) is 0 Å². The summed E-state index contributed by atoms with van der Waals surface area (Å²) in [5.74, 6) is 0.165. The van der Waals surface area contributed by atoms with E-state index < -0.39 is 0 Å². The van der Waals surface area contributed by atoms with Crippen LogP contribution in [0, 0.1) is 5.82 Å². The summed E-state index contributed by atoms with van der Waals surface area (Å²) >= 11 is 0. The average Bonchev–Trinajstić information content (AvgIpc) is 3.10. The van der Waals surface area contributed by atoms with Crippen molar-refractivity contribution >= 4 is 0 Å². The molecule has 0 aliphatic carbocycles. The summed E-state index contributed by atoms with van der Waals surface area (Å²) < 4.78 is 20.8. The van der Waals surface area contributed by atoms with Gasteiger partial charge in [0.1, 0.15) is 11.6 Å². The zero-order valence-electron chi connectivity index (χ0n) is 10.4. The van der Waals surface area contributed by atoms with Crippen molar-refractivity contribution < 1.29 is 8.81 Å². The minimum Gasteiger partial charge on any atom is -0.464 e. The first-order chi connectivity index (χ1) is 9.28. The molecule has 19 heavy (non-hydrogen) atoms. The van der Waals surface area contributed by atoms with Crippen LogP contribution in [0.4, 0.5) is 4.39 Å². The number of aromatic nitrogens is 3. The van der Waals surface area contributed by atoms with E-state index in [1.807, 2.05) is 6.92 Å². The van der Waals surface area contributed by atoms with Gasteiger partial charge in [-0.3, -0.25) is 0 Å². The first-order valence-electron chi connectivity index (χ1n) is 6.03. The normalized spacial score (nSPS) is 10.8. The highest BCUT2D eigenvalue weighted by molar-refractivity contribution is 5.60. The Kier molecular flexibility index (Phi) is 2.87. The maximum absolute atomic E-state index is 14.1. The van der Waals surface area contributed by atoms with E-state index in [2.05, 4.69) is 10.3 Å². The smallest absolute Gasteiger partial charge is 0.136 e. The minimum atomic E-state index is -0.346. The predicted molar refractivity (Wildman–Crippen MR) is 68.4 cm³/mol. The van der Waals surface area contributed by atoms with E-state index in [-0.39, 0.29) is 5.82 Å². The van der Waals surface area contributed by atoms with Crippen molar-refractivity contribution in [2.75, 3.05) is 0 Å². The van der Waals surface area contributed by atoms with Crippen LogP contribution in [-0.4, -0.2) is 15.0 Å². The van der Waals surface area contributed by atoms with Crippen molar-refractivity contribution in [1.82, 2.24) is 15.0 Å². The van der Waals surface area contributed by atoms with Gasteiger partial charge in [0.15, 0.2) is 0 Å². The third-order valence-corrected chi connectivity index (χ3v) is 2.91. The van der Waals surface area contributed by atoms with Gasteiger partial charge < -0.3 is 4.42 Å². The molecule has 0 aliphatic heterocycles. The van der Waals surface area contributed by atoms with Crippen molar-refractivity contribution in [3.05, 3.63) is 54.3 Å². The predicted octanol–water partition coefficient (Wildman–Crippen LogP) is 3.23. The molecule has 3 rings (SSSR count). The van der Waals surface area contributed by atoms with E-state index in [1.54, 1.807) is 35.1 Å². The quantitative estimate of drug-likeness (QED) is 0.723. The van der Waals surface area contributed by atoms with Gasteiger partial charge in [-0.15, -0.1) is 5.10 Å². The van der Waals surface area contributed by atoms with Crippen LogP contribution in [0.3, 0.4) is 0 Å². The van der Waals surface area contributed by atoms with Gasteiger partial charge in [0, 0.05) is 6.07 Å². The highest BCUT2D eigenvalue weighted by Crippen LogP contribution is 2.24. The van der Waals surface area contributed by atoms with E-state index in [4.69, 9.17) is 4.42 Å². The second-order valence-corrected chi connectivity index (χ2v) is 4.15. The molecular formula is C14H12FN3O. The Hall–Kier alpha value is -2.43. The van der Waals surface area contributed by atoms with Crippen LogP contribution < -0.4 is 0 Å². The third-order valence-electron chi connectivity index (χ3n) is 2.91. The van der Waals surface area contributed by atoms with Crippen LogP contribution in [-0.2, 0) is 6.42 Å². The summed E-state index contributed by atoms with van der Waals surface area (Å²) in [5.41, 5.74) is 1.94. The fraction of sp³-hybridized carbons (Fsp3) is 0.143. The van der Waals surface area contributed by atoms with Crippen LogP contribution in [0.15, 0.2) is 47.2 Å². The van der Waals surface area contributed by atoms with Gasteiger partial charge in [-0.05, 0) is 30.7 Å². The van der Waals surface area contributed by atoms with E-state index in [0.29, 0.717) is 17.0 Å². The van der Waals surface area contributed by atoms with Gasteiger partial charge in [0.05, 0.1) is 29.4 Å². The Bertz CT molecular complexity index is 689. The fourth-order valence-corrected chi connectivity index (χ4v) is 1.86. The number of hydrogen-bond donors (Lipinski definition) is 0. The number of benzene rings is 1. The van der Waals surface area contributed by atoms with Gasteiger partial charge in [0.2, 0.25) is 0 Å². The molecule has 0 N–H and O–H groups in total. The van der Waals surface area contributed by atoms with Gasteiger partial charge >= 0.3 is 0 Å². The summed E-state index contributed by atoms with van der Waals surface area (Å²) in [6, 6.07) is 8.34. The molecule has 1 aromatic carbocycles. The number of nitrogens with zero attached hydrogens (tertiary/aromatic N) is 3. The number of aryl methyl sites for hydroxylation is 1. The highest BCUT2D eigenvalue weighted by atomic mass is 19.1. The second kappa shape index (κ2) is 4.68. The van der Waals surface area contributed by atoms with Gasteiger partial charge in [0.25, 0.3) is 0 Å². The summed E-state index contributed by atoms with van der Waals surface area (Å²) in [6.07, 6.45) is 4.11. The molecule has 5 heteroatoms. The molecule has 0 spiro atoms. The zero-order valence-corrected chi connectivity index (χ0v) is 10.4. The van der Waals surface area contributed by atoms with Crippen LogP contribution in [0.2, 0.25) is 0 Å². The Balaban J connectivity index is 1.99. The molecule has 3 aromatic rings. The van der Waals surface area contributed by atoms with Crippen LogP contribution >= 0.6 is 0 Å². The molecule has 2 aromatic heterocycles. The summed E-state index contributed by atoms with van der Waals surface area (Å²) in [4.78, 5) is 0. The van der Waals surface area contributed by atoms with Crippen LogP contribution in [0.25, 0.3) is 17.0 Å². The Morgan fingerprint density at radius 1 is 1.32 bits per heavy atom. The van der Waals surface area contributed by atoms with Gasteiger partial charge in [-0.25, -0.2) is 9.07 Å². The second-order valence-electron chi connectivity index (χ2n) is 4.15. The fourth-order valence-electron chi connectivity index (χ4n) is 1.86. The van der Waals surface area contributed by atoms with Crippen molar-refractivity contribution in [2.45, 2.75) is 13.3 Å². The molecule has 0 unspecified atom stereocenters. The number of halogens is 1. The molecule has 0 bridgehead atoms. The van der Waals surface area contributed by atoms with E-state index in [1.165, 1.54) is 12.3 Å². The lowest BCUT2D eigenvalue weighted by Gasteiger charge is -2.03. The highest BCUT2D eigenvalue weighted by Gasteiger charge is 2.10. The summed E-state index contributed by atoms with van der Waals surface area (Å²) in [6.45, 7) is 1.99. The van der Waals surface area contributed by atoms with Crippen LogP contribution in [0.5, 0.6) is 0 Å². The maximum atomic E-state index is 14.1. The Morgan fingerprint density at radius 3 is 2.84 bits per heavy atom. The third kappa shape index (κ3) is 2.14. The molecule has 4 nitrogen and oxygen atoms in total. The van der Waals surface area contributed by atoms with E-state index in [0.717, 1.165) is 12.1 Å². The van der Waals surface area contributed by atoms with Gasteiger partial charge in [-0.2, -0.15) is 0 Å². The molecule has 0 aliphatic rings. The lowest BCUT2D eigenvalue weighted by Crippen LogP contribution is -1.96. The molecule has 0 saturated carbocycles.